The van der Waals surface area contributed by atoms with Crippen LogP contribution in [-0.2, 0) is 42.8 Å². The Morgan fingerprint density at radius 2 is 2.04 bits per heavy atom. The maximum atomic E-state index is 12.2. The molecule has 5 atom stereocenters. The van der Waals surface area contributed by atoms with Crippen molar-refractivity contribution < 1.29 is 45.9 Å². The van der Waals surface area contributed by atoms with Gasteiger partial charge in [0.1, 0.15) is 12.7 Å². The van der Waals surface area contributed by atoms with Crippen molar-refractivity contribution in [3.05, 3.63) is 12.7 Å². The van der Waals surface area contributed by atoms with Crippen LogP contribution in [0, 0.1) is 0 Å². The Bertz CT molecular complexity index is 646. The molecule has 27 heavy (non-hydrogen) atoms. The highest BCUT2D eigenvalue weighted by Gasteiger charge is 2.56. The van der Waals surface area contributed by atoms with Gasteiger partial charge in [0.25, 0.3) is 10.1 Å². The Hall–Kier alpha value is -1.69. The highest BCUT2D eigenvalue weighted by Crippen LogP contribution is 2.35. The van der Waals surface area contributed by atoms with E-state index in [9.17, 15) is 18.0 Å². The number of fused-ring (bicyclic) bond motifs is 1. The lowest BCUT2D eigenvalue weighted by Crippen LogP contribution is -2.39. The number of unbranched alkanes of at least 4 members (excludes halogenated alkanes) is 1. The summed E-state index contributed by atoms with van der Waals surface area (Å²) in [6.07, 6.45) is -1.87. The van der Waals surface area contributed by atoms with Crippen molar-refractivity contribution in [3.63, 3.8) is 0 Å². The first kappa shape index (κ1) is 21.6. The Labute approximate surface area is 157 Å². The van der Waals surface area contributed by atoms with Gasteiger partial charge in [0, 0.05) is 13.0 Å². The van der Waals surface area contributed by atoms with E-state index in [1.165, 1.54) is 6.08 Å². The summed E-state index contributed by atoms with van der Waals surface area (Å²) >= 11 is 0. The van der Waals surface area contributed by atoms with Crippen molar-refractivity contribution in [1.82, 2.24) is 0 Å². The second kappa shape index (κ2) is 9.49. The lowest BCUT2D eigenvalue weighted by atomic mass is 10.1. The van der Waals surface area contributed by atoms with E-state index in [4.69, 9.17) is 23.7 Å². The molecule has 0 aliphatic carbocycles. The number of carbonyl (C=O) groups excluding carboxylic acids is 2. The summed E-state index contributed by atoms with van der Waals surface area (Å²) in [5.41, 5.74) is 0. The van der Waals surface area contributed by atoms with Crippen molar-refractivity contribution in [2.75, 3.05) is 20.3 Å². The molecule has 154 valence electrons. The smallest absolute Gasteiger partial charge is 0.460 e. The van der Waals surface area contributed by atoms with Crippen LogP contribution < -0.4 is 0 Å². The van der Waals surface area contributed by atoms with Crippen LogP contribution in [0.15, 0.2) is 12.7 Å². The quantitative estimate of drug-likeness (QED) is 0.211. The predicted octanol–water partition coefficient (Wildman–Crippen LogP) is 0.896. The molecule has 0 aromatic heterocycles. The molecule has 10 nitrogen and oxygen atoms in total. The maximum Gasteiger partial charge on any atom is 0.509 e. The average molecular weight is 408 g/mol. The van der Waals surface area contributed by atoms with Crippen LogP contribution in [0.5, 0.6) is 0 Å². The molecule has 0 aromatic carbocycles. The van der Waals surface area contributed by atoms with Gasteiger partial charge in [-0.05, 0) is 6.42 Å². The zero-order chi connectivity index (χ0) is 20.0. The van der Waals surface area contributed by atoms with Crippen molar-refractivity contribution in [2.24, 2.45) is 0 Å². The Kier molecular flexibility index (Phi) is 7.59. The largest absolute Gasteiger partial charge is 0.509 e. The molecule has 11 heteroatoms. The lowest BCUT2D eigenvalue weighted by Gasteiger charge is -2.21. The summed E-state index contributed by atoms with van der Waals surface area (Å²) in [6, 6.07) is 0. The van der Waals surface area contributed by atoms with Crippen LogP contribution in [0.2, 0.25) is 0 Å². The molecule has 2 aliphatic heterocycles. The predicted molar refractivity (Wildman–Crippen MR) is 90.2 cm³/mol. The van der Waals surface area contributed by atoms with Crippen molar-refractivity contribution >= 4 is 22.2 Å². The monoisotopic (exact) mass is 408 g/mol. The number of esters is 1. The Morgan fingerprint density at radius 1 is 1.33 bits per heavy atom. The van der Waals surface area contributed by atoms with E-state index in [-0.39, 0.29) is 13.0 Å². The van der Waals surface area contributed by atoms with Crippen molar-refractivity contribution in [3.8, 4) is 0 Å². The van der Waals surface area contributed by atoms with Gasteiger partial charge in [-0.15, -0.1) is 0 Å². The summed E-state index contributed by atoms with van der Waals surface area (Å²) in [4.78, 5) is 23.7. The van der Waals surface area contributed by atoms with Crippen molar-refractivity contribution in [1.29, 1.82) is 0 Å². The molecule has 1 unspecified atom stereocenters. The molecular weight excluding hydrogens is 384 g/mol. The fourth-order valence-corrected chi connectivity index (χ4v) is 3.73. The third-order valence-electron chi connectivity index (χ3n) is 4.15. The number of hydrogen-bond acceptors (Lipinski definition) is 10. The molecule has 0 N–H and O–H groups in total. The minimum Gasteiger partial charge on any atom is -0.460 e. The van der Waals surface area contributed by atoms with Crippen molar-refractivity contribution in [2.45, 2.75) is 56.0 Å². The molecule has 0 aromatic rings. The average Bonchev–Trinajstić information content (AvgIpc) is 3.16. The van der Waals surface area contributed by atoms with Gasteiger partial charge in [-0.25, -0.2) is 4.79 Å². The maximum absolute atomic E-state index is 12.2. The van der Waals surface area contributed by atoms with E-state index >= 15 is 0 Å². The van der Waals surface area contributed by atoms with Crippen LogP contribution in [0.1, 0.15) is 26.2 Å². The zero-order valence-corrected chi connectivity index (χ0v) is 16.0. The molecule has 2 rings (SSSR count). The molecule has 0 radical (unpaired) electrons. The molecule has 0 amide bonds. The summed E-state index contributed by atoms with van der Waals surface area (Å²) in [5, 5.41) is -1.67. The number of carbonyl (C=O) groups is 2. The topological polar surface area (TPSA) is 124 Å². The van der Waals surface area contributed by atoms with Gasteiger partial charge in [-0.2, -0.15) is 8.42 Å². The molecule has 2 heterocycles. The Morgan fingerprint density at radius 3 is 2.67 bits per heavy atom. The second-order valence-corrected chi connectivity index (χ2v) is 7.87. The van der Waals surface area contributed by atoms with Gasteiger partial charge in [0.2, 0.25) is 0 Å². The SMILES string of the molecule is C=CCOC(=O)C(C[C@H]1O[C@@H](OCCCC)[C@@H]2OC(=O)O[C@@H]21)S(=O)(=O)OC. The van der Waals surface area contributed by atoms with E-state index in [1.807, 2.05) is 6.92 Å². The van der Waals surface area contributed by atoms with Crippen LogP contribution >= 0.6 is 0 Å². The van der Waals surface area contributed by atoms with E-state index in [1.54, 1.807) is 0 Å². The summed E-state index contributed by atoms with van der Waals surface area (Å²) < 4.78 is 55.0. The van der Waals surface area contributed by atoms with Gasteiger partial charge in [-0.1, -0.05) is 26.0 Å². The molecule has 0 saturated carbocycles. The standard InChI is InChI=1S/C16H24O10S/c1-4-6-8-23-15-13-12(25-16(18)26-13)10(24-15)9-11(27(19,20)21-3)14(17)22-7-5-2/h5,10-13,15H,2,4,6-9H2,1,3H3/t10-,11?,12-,13-,15-/m1/s1. The summed E-state index contributed by atoms with van der Waals surface area (Å²) in [7, 11) is -3.33. The molecule has 2 aliphatic rings. The second-order valence-electron chi connectivity index (χ2n) is 5.98. The first-order valence-corrected chi connectivity index (χ1v) is 10.0. The Balaban J connectivity index is 2.14. The highest BCUT2D eigenvalue weighted by atomic mass is 32.2. The van der Waals surface area contributed by atoms with Gasteiger partial charge >= 0.3 is 12.1 Å². The summed E-state index contributed by atoms with van der Waals surface area (Å²) in [6.45, 7) is 5.60. The minimum atomic E-state index is -4.27. The van der Waals surface area contributed by atoms with E-state index in [2.05, 4.69) is 10.8 Å². The van der Waals surface area contributed by atoms with Gasteiger partial charge in [0.15, 0.2) is 23.7 Å². The molecular formula is C16H24O10S. The van der Waals surface area contributed by atoms with E-state index in [0.717, 1.165) is 20.0 Å². The first-order valence-electron chi connectivity index (χ1n) is 8.55. The zero-order valence-electron chi connectivity index (χ0n) is 15.2. The third-order valence-corrected chi connectivity index (χ3v) is 5.69. The molecule has 0 spiro atoms. The minimum absolute atomic E-state index is 0.160. The van der Waals surface area contributed by atoms with E-state index in [0.29, 0.717) is 6.61 Å². The lowest BCUT2D eigenvalue weighted by molar-refractivity contribution is -0.170. The van der Waals surface area contributed by atoms with Crippen LogP contribution in [0.3, 0.4) is 0 Å². The number of hydrogen-bond donors (Lipinski definition) is 0. The number of ether oxygens (including phenoxy) is 5. The molecule has 0 bridgehead atoms. The first-order chi connectivity index (χ1) is 12.8. The van der Waals surface area contributed by atoms with Crippen LogP contribution in [0.4, 0.5) is 4.79 Å². The van der Waals surface area contributed by atoms with Crippen LogP contribution in [-0.4, -0.2) is 70.7 Å². The fraction of sp³-hybridized carbons (Fsp3) is 0.750. The highest BCUT2D eigenvalue weighted by molar-refractivity contribution is 7.88. The van der Waals surface area contributed by atoms with E-state index < -0.39 is 52.1 Å². The van der Waals surface area contributed by atoms with Gasteiger partial charge < -0.3 is 23.7 Å². The third kappa shape index (κ3) is 5.18. The van der Waals surface area contributed by atoms with Gasteiger partial charge in [0.05, 0.1) is 7.11 Å². The fourth-order valence-electron chi connectivity index (χ4n) is 2.77. The van der Waals surface area contributed by atoms with Crippen LogP contribution in [0.25, 0.3) is 0 Å². The molecule has 2 saturated heterocycles. The van der Waals surface area contributed by atoms with Gasteiger partial charge in [-0.3, -0.25) is 8.98 Å². The molecule has 2 fully saturated rings. The summed E-state index contributed by atoms with van der Waals surface area (Å²) in [5.74, 6) is -1.02. The number of rotatable bonds is 11. The normalized spacial score (nSPS) is 28.1.